The van der Waals surface area contributed by atoms with Crippen molar-refractivity contribution in [3.8, 4) is 0 Å². The summed E-state index contributed by atoms with van der Waals surface area (Å²) in [5.74, 6) is -0.108. The maximum Gasteiger partial charge on any atom is 0.266 e. The minimum absolute atomic E-state index is 0.108. The van der Waals surface area contributed by atoms with Crippen molar-refractivity contribution in [1.29, 1.82) is 0 Å². The van der Waals surface area contributed by atoms with Crippen molar-refractivity contribution in [3.05, 3.63) is 45.3 Å². The van der Waals surface area contributed by atoms with Crippen LogP contribution in [0.4, 0.5) is 5.69 Å². The molecule has 76 valence electrons. The highest BCUT2D eigenvalue weighted by Crippen LogP contribution is 2.23. The van der Waals surface area contributed by atoms with Crippen molar-refractivity contribution in [2.75, 3.05) is 5.32 Å². The molecule has 2 aromatic heterocycles. The third kappa shape index (κ3) is 2.43. The van der Waals surface area contributed by atoms with E-state index in [0.29, 0.717) is 4.88 Å². The van der Waals surface area contributed by atoms with Crippen molar-refractivity contribution in [1.82, 2.24) is 4.98 Å². The minimum Gasteiger partial charge on any atom is -0.321 e. The predicted molar refractivity (Wildman–Crippen MR) is 64.2 cm³/mol. The summed E-state index contributed by atoms with van der Waals surface area (Å²) in [4.78, 5) is 16.3. The largest absolute Gasteiger partial charge is 0.321 e. The van der Waals surface area contributed by atoms with E-state index in [1.807, 2.05) is 11.4 Å². The van der Waals surface area contributed by atoms with Gasteiger partial charge < -0.3 is 5.32 Å². The number of rotatable bonds is 2. The maximum atomic E-state index is 11.7. The molecule has 0 spiro atoms. The van der Waals surface area contributed by atoms with Gasteiger partial charge >= 0.3 is 0 Å². The van der Waals surface area contributed by atoms with Crippen LogP contribution < -0.4 is 5.32 Å². The van der Waals surface area contributed by atoms with Gasteiger partial charge in [0.1, 0.15) is 4.88 Å². The Hall–Kier alpha value is -1.20. The summed E-state index contributed by atoms with van der Waals surface area (Å²) in [5, 5.41) is 4.65. The van der Waals surface area contributed by atoms with Gasteiger partial charge in [0.2, 0.25) is 0 Å². The third-order valence-electron chi connectivity index (χ3n) is 1.76. The molecular weight excluding hydrogens is 276 g/mol. The molecule has 0 saturated heterocycles. The molecule has 0 unspecified atom stereocenters. The van der Waals surface area contributed by atoms with Crippen LogP contribution in [0.2, 0.25) is 0 Å². The number of anilines is 1. The van der Waals surface area contributed by atoms with E-state index in [1.54, 1.807) is 24.5 Å². The van der Waals surface area contributed by atoms with Crippen LogP contribution in [0.1, 0.15) is 9.67 Å². The van der Waals surface area contributed by atoms with Crippen LogP contribution in [0.5, 0.6) is 0 Å². The van der Waals surface area contributed by atoms with Gasteiger partial charge in [-0.25, -0.2) is 0 Å². The molecule has 0 aliphatic heterocycles. The highest BCUT2D eigenvalue weighted by atomic mass is 79.9. The molecule has 0 atom stereocenters. The number of hydrogen-bond donors (Lipinski definition) is 1. The van der Waals surface area contributed by atoms with Crippen molar-refractivity contribution in [3.63, 3.8) is 0 Å². The number of carbonyl (C=O) groups excluding carboxylic acids is 1. The average molecular weight is 283 g/mol. The number of aromatic nitrogens is 1. The van der Waals surface area contributed by atoms with Crippen LogP contribution in [0.15, 0.2) is 40.4 Å². The first-order valence-electron chi connectivity index (χ1n) is 4.22. The molecule has 1 N–H and O–H groups in total. The first kappa shape index (κ1) is 10.3. The Balaban J connectivity index is 2.15. The topological polar surface area (TPSA) is 42.0 Å². The van der Waals surface area contributed by atoms with Gasteiger partial charge in [-0.15, -0.1) is 11.3 Å². The fourth-order valence-corrected chi connectivity index (χ4v) is 2.53. The van der Waals surface area contributed by atoms with E-state index in [2.05, 4.69) is 26.2 Å². The fraction of sp³-hybridized carbons (Fsp3) is 0. The Labute approximate surface area is 99.3 Å². The molecule has 0 radical (unpaired) electrons. The van der Waals surface area contributed by atoms with E-state index in [4.69, 9.17) is 0 Å². The minimum atomic E-state index is -0.108. The first-order chi connectivity index (χ1) is 7.27. The molecule has 0 aliphatic carbocycles. The molecule has 2 heterocycles. The molecule has 5 heteroatoms. The summed E-state index contributed by atoms with van der Waals surface area (Å²) < 4.78 is 0.819. The van der Waals surface area contributed by atoms with E-state index >= 15 is 0 Å². The summed E-state index contributed by atoms with van der Waals surface area (Å²) in [6.07, 6.45) is 3.28. The molecule has 3 nitrogen and oxygen atoms in total. The second-order valence-electron chi connectivity index (χ2n) is 2.79. The maximum absolute atomic E-state index is 11.7. The fourth-order valence-electron chi connectivity index (χ4n) is 1.08. The van der Waals surface area contributed by atoms with Gasteiger partial charge in [0.05, 0.1) is 0 Å². The van der Waals surface area contributed by atoms with Crippen molar-refractivity contribution < 1.29 is 4.79 Å². The van der Waals surface area contributed by atoms with E-state index in [1.165, 1.54) is 11.3 Å². The number of thiophene rings is 1. The number of halogens is 1. The number of hydrogen-bond acceptors (Lipinski definition) is 3. The molecule has 0 fully saturated rings. The zero-order valence-corrected chi connectivity index (χ0v) is 10.0. The summed E-state index contributed by atoms with van der Waals surface area (Å²) >= 11 is 4.72. The van der Waals surface area contributed by atoms with Crippen LogP contribution in [-0.2, 0) is 0 Å². The smallest absolute Gasteiger partial charge is 0.266 e. The van der Waals surface area contributed by atoms with Gasteiger partial charge in [-0.1, -0.05) is 0 Å². The van der Waals surface area contributed by atoms with E-state index < -0.39 is 0 Å². The van der Waals surface area contributed by atoms with Crippen LogP contribution in [0.3, 0.4) is 0 Å². The highest BCUT2D eigenvalue weighted by Gasteiger charge is 2.10. The molecule has 0 aromatic carbocycles. The second kappa shape index (κ2) is 4.55. The monoisotopic (exact) mass is 282 g/mol. The van der Waals surface area contributed by atoms with E-state index in [-0.39, 0.29) is 5.91 Å². The molecule has 2 aromatic rings. The Morgan fingerprint density at radius 1 is 1.33 bits per heavy atom. The normalized spacial score (nSPS) is 9.93. The Morgan fingerprint density at radius 2 is 2.07 bits per heavy atom. The van der Waals surface area contributed by atoms with Gasteiger partial charge in [-0.05, 0) is 39.5 Å². The van der Waals surface area contributed by atoms with Crippen molar-refractivity contribution >= 4 is 38.9 Å². The molecule has 0 aliphatic rings. The Kier molecular flexibility index (Phi) is 3.13. The van der Waals surface area contributed by atoms with Crippen molar-refractivity contribution in [2.24, 2.45) is 0 Å². The second-order valence-corrected chi connectivity index (χ2v) is 4.56. The number of nitrogens with one attached hydrogen (secondary N) is 1. The lowest BCUT2D eigenvalue weighted by Crippen LogP contribution is -2.10. The van der Waals surface area contributed by atoms with Crippen molar-refractivity contribution in [2.45, 2.75) is 0 Å². The lowest BCUT2D eigenvalue weighted by atomic mass is 10.4. The van der Waals surface area contributed by atoms with E-state index in [9.17, 15) is 4.79 Å². The van der Waals surface area contributed by atoms with Crippen LogP contribution in [-0.4, -0.2) is 10.9 Å². The van der Waals surface area contributed by atoms with Gasteiger partial charge in [-0.3, -0.25) is 9.78 Å². The number of amides is 1. The lowest BCUT2D eigenvalue weighted by Gasteiger charge is -2.02. The zero-order chi connectivity index (χ0) is 10.7. The van der Waals surface area contributed by atoms with Gasteiger partial charge in [0.15, 0.2) is 0 Å². The highest BCUT2D eigenvalue weighted by molar-refractivity contribution is 9.10. The molecule has 2 rings (SSSR count). The average Bonchev–Trinajstić information content (AvgIpc) is 2.66. The quantitative estimate of drug-likeness (QED) is 0.919. The Morgan fingerprint density at radius 3 is 2.67 bits per heavy atom. The van der Waals surface area contributed by atoms with Gasteiger partial charge in [0.25, 0.3) is 5.91 Å². The number of nitrogens with zero attached hydrogens (tertiary/aromatic N) is 1. The molecular formula is C10H7BrN2OS. The molecule has 0 bridgehead atoms. The number of pyridine rings is 1. The van der Waals surface area contributed by atoms with Crippen LogP contribution in [0.25, 0.3) is 0 Å². The van der Waals surface area contributed by atoms with Gasteiger partial charge in [0, 0.05) is 22.6 Å². The standard InChI is InChI=1S/C10H7BrN2OS/c11-8-3-6-15-9(8)10(14)13-7-1-4-12-5-2-7/h1-6H,(H,12,13,14). The molecule has 0 saturated carbocycles. The van der Waals surface area contributed by atoms with Gasteiger partial charge in [-0.2, -0.15) is 0 Å². The van der Waals surface area contributed by atoms with E-state index in [0.717, 1.165) is 10.2 Å². The summed E-state index contributed by atoms with van der Waals surface area (Å²) in [7, 11) is 0. The number of carbonyl (C=O) groups is 1. The zero-order valence-electron chi connectivity index (χ0n) is 7.61. The Bertz CT molecular complexity index is 469. The third-order valence-corrected chi connectivity index (χ3v) is 3.60. The summed E-state index contributed by atoms with van der Waals surface area (Å²) in [5.41, 5.74) is 0.746. The molecule has 15 heavy (non-hydrogen) atoms. The van der Waals surface area contributed by atoms with Crippen LogP contribution >= 0.6 is 27.3 Å². The van der Waals surface area contributed by atoms with Crippen LogP contribution in [0, 0.1) is 0 Å². The summed E-state index contributed by atoms with van der Waals surface area (Å²) in [6, 6.07) is 5.35. The summed E-state index contributed by atoms with van der Waals surface area (Å²) in [6.45, 7) is 0. The first-order valence-corrected chi connectivity index (χ1v) is 5.89. The SMILES string of the molecule is O=C(Nc1ccncc1)c1sccc1Br. The lowest BCUT2D eigenvalue weighted by molar-refractivity contribution is 0.103. The molecule has 1 amide bonds. The predicted octanol–water partition coefficient (Wildman–Crippen LogP) is 3.16.